The molecule has 0 radical (unpaired) electrons. The molecule has 0 N–H and O–H groups in total. The van der Waals surface area contributed by atoms with Crippen molar-refractivity contribution in [3.8, 4) is 0 Å². The number of ether oxygens (including phenoxy) is 1. The summed E-state index contributed by atoms with van der Waals surface area (Å²) in [6, 6.07) is 0. The molecule has 0 heterocycles. The minimum Gasteiger partial charge on any atom is -0.381 e. The van der Waals surface area contributed by atoms with Gasteiger partial charge in [0.25, 0.3) is 0 Å². The Kier molecular flexibility index (Phi) is 6.85. The second kappa shape index (κ2) is 9.00. The fourth-order valence-electron chi connectivity index (χ4n) is 9.01. The minimum absolute atomic E-state index is 0.453. The lowest BCUT2D eigenvalue weighted by molar-refractivity contribution is -0.0572. The van der Waals surface area contributed by atoms with E-state index in [9.17, 15) is 0 Å². The van der Waals surface area contributed by atoms with Gasteiger partial charge in [0.1, 0.15) is 0 Å². The highest BCUT2D eigenvalue weighted by atomic mass is 16.5. The molecule has 0 amide bonds. The third kappa shape index (κ3) is 4.00. The van der Waals surface area contributed by atoms with Gasteiger partial charge in [0.2, 0.25) is 0 Å². The first-order valence-electron chi connectivity index (χ1n) is 13.6. The van der Waals surface area contributed by atoms with E-state index in [0.29, 0.717) is 16.9 Å². The fourth-order valence-corrected chi connectivity index (χ4v) is 9.01. The zero-order valence-corrected chi connectivity index (χ0v) is 21.6. The predicted molar refractivity (Wildman–Crippen MR) is 133 cm³/mol. The topological polar surface area (TPSA) is 9.23 Å². The second-order valence-electron chi connectivity index (χ2n) is 12.6. The van der Waals surface area contributed by atoms with E-state index in [2.05, 4.69) is 59.8 Å². The quantitative estimate of drug-likeness (QED) is 0.387. The molecule has 9 atom stereocenters. The highest BCUT2D eigenvalue weighted by Gasteiger charge is 2.59. The highest BCUT2D eigenvalue weighted by molar-refractivity contribution is 5.25. The third-order valence-electron chi connectivity index (χ3n) is 11.1. The third-order valence-corrected chi connectivity index (χ3v) is 11.1. The van der Waals surface area contributed by atoms with Crippen molar-refractivity contribution in [2.45, 2.75) is 105 Å². The Bertz CT molecular complexity index is 689. The molecule has 1 nitrogen and oxygen atoms in total. The summed E-state index contributed by atoms with van der Waals surface area (Å²) >= 11 is 0. The van der Waals surface area contributed by atoms with E-state index in [1.165, 1.54) is 57.8 Å². The number of fused-ring (bicyclic) bond motifs is 5. The highest BCUT2D eigenvalue weighted by Crippen LogP contribution is 2.67. The Morgan fingerprint density at radius 1 is 1.03 bits per heavy atom. The average molecular weight is 427 g/mol. The predicted octanol–water partition coefficient (Wildman–Crippen LogP) is 8.45. The van der Waals surface area contributed by atoms with Crippen LogP contribution in [0.2, 0.25) is 0 Å². The summed E-state index contributed by atoms with van der Waals surface area (Å²) in [5.74, 6) is 5.88. The maximum atomic E-state index is 5.76. The summed E-state index contributed by atoms with van der Waals surface area (Å²) < 4.78 is 5.76. The molecule has 0 aromatic heterocycles. The summed E-state index contributed by atoms with van der Waals surface area (Å²) in [4.78, 5) is 0. The van der Waals surface area contributed by atoms with Gasteiger partial charge in [0.05, 0.1) is 6.10 Å². The van der Waals surface area contributed by atoms with Crippen LogP contribution in [-0.4, -0.2) is 13.2 Å². The molecule has 0 aromatic carbocycles. The van der Waals surface area contributed by atoms with E-state index in [1.807, 2.05) is 7.11 Å². The Morgan fingerprint density at radius 2 is 1.81 bits per heavy atom. The van der Waals surface area contributed by atoms with Crippen LogP contribution in [-0.2, 0) is 4.74 Å². The van der Waals surface area contributed by atoms with Crippen molar-refractivity contribution in [3.63, 3.8) is 0 Å². The van der Waals surface area contributed by atoms with Crippen molar-refractivity contribution >= 4 is 0 Å². The van der Waals surface area contributed by atoms with Gasteiger partial charge in [-0.25, -0.2) is 0 Å². The van der Waals surface area contributed by atoms with Crippen LogP contribution in [0.3, 0.4) is 0 Å². The second-order valence-corrected chi connectivity index (χ2v) is 12.6. The van der Waals surface area contributed by atoms with Gasteiger partial charge in [-0.2, -0.15) is 0 Å². The van der Waals surface area contributed by atoms with E-state index in [1.54, 1.807) is 5.57 Å². The van der Waals surface area contributed by atoms with Gasteiger partial charge in [-0.05, 0) is 110 Å². The van der Waals surface area contributed by atoms with Crippen molar-refractivity contribution in [1.82, 2.24) is 0 Å². The van der Waals surface area contributed by atoms with Gasteiger partial charge in [-0.1, -0.05) is 65.3 Å². The normalized spacial score (nSPS) is 44.5. The SMILES string of the molecule is CC[C@@H](/C=C/[C@@H](C)[C@H]1CC[C@H]2[C@@H]3CC=C4C[C@@H](OC)CC[C@]4(C)[C@@H]3CC[C@]12C)C(C)C. The van der Waals surface area contributed by atoms with E-state index >= 15 is 0 Å². The molecule has 0 bridgehead atoms. The first-order chi connectivity index (χ1) is 14.7. The van der Waals surface area contributed by atoms with E-state index in [-0.39, 0.29) is 0 Å². The molecule has 1 heteroatoms. The Hall–Kier alpha value is -0.560. The number of hydrogen-bond acceptors (Lipinski definition) is 1. The molecule has 4 aliphatic rings. The van der Waals surface area contributed by atoms with Crippen molar-refractivity contribution < 1.29 is 4.74 Å². The molecule has 31 heavy (non-hydrogen) atoms. The summed E-state index contributed by atoms with van der Waals surface area (Å²) in [6.07, 6.45) is 20.6. The Labute approximate surface area is 193 Å². The van der Waals surface area contributed by atoms with Gasteiger partial charge < -0.3 is 4.74 Å². The Balaban J connectivity index is 1.51. The number of rotatable bonds is 6. The number of allylic oxidation sites excluding steroid dienone is 3. The van der Waals surface area contributed by atoms with Crippen LogP contribution in [0, 0.1) is 52.3 Å². The summed E-state index contributed by atoms with van der Waals surface area (Å²) in [6.45, 7) is 14.9. The van der Waals surface area contributed by atoms with Gasteiger partial charge >= 0.3 is 0 Å². The standard InChI is InChI=1S/C30H50O/c1-8-22(20(2)3)10-9-21(4)26-13-14-27-25-12-11-23-19-24(31-7)15-17-29(23,5)28(25)16-18-30(26,27)6/h9-11,20-22,24-28H,8,12-19H2,1-7H3/b10-9+/t21-,22+,24+,25+,26-,27+,28-,29+,30-/m1/s1. The van der Waals surface area contributed by atoms with E-state index < -0.39 is 0 Å². The largest absolute Gasteiger partial charge is 0.381 e. The van der Waals surface area contributed by atoms with Crippen LogP contribution < -0.4 is 0 Å². The lowest BCUT2D eigenvalue weighted by Crippen LogP contribution is -2.50. The maximum Gasteiger partial charge on any atom is 0.0608 e. The summed E-state index contributed by atoms with van der Waals surface area (Å²) in [5.41, 5.74) is 2.75. The number of methoxy groups -OCH3 is 1. The molecule has 0 aromatic rings. The maximum absolute atomic E-state index is 5.76. The van der Waals surface area contributed by atoms with Crippen LogP contribution in [0.1, 0.15) is 99.3 Å². The summed E-state index contributed by atoms with van der Waals surface area (Å²) in [5, 5.41) is 0. The van der Waals surface area contributed by atoms with Crippen molar-refractivity contribution in [2.24, 2.45) is 52.3 Å². The van der Waals surface area contributed by atoms with E-state index in [0.717, 1.165) is 41.4 Å². The van der Waals surface area contributed by atoms with Gasteiger partial charge in [0, 0.05) is 7.11 Å². The number of hydrogen-bond donors (Lipinski definition) is 0. The van der Waals surface area contributed by atoms with Crippen molar-refractivity contribution in [2.75, 3.05) is 7.11 Å². The zero-order valence-electron chi connectivity index (χ0n) is 21.6. The molecule has 3 fully saturated rings. The fraction of sp³-hybridized carbons (Fsp3) is 0.867. The molecular weight excluding hydrogens is 376 g/mol. The average Bonchev–Trinajstić information content (AvgIpc) is 3.10. The van der Waals surface area contributed by atoms with E-state index in [4.69, 9.17) is 4.74 Å². The molecule has 4 rings (SSSR count). The van der Waals surface area contributed by atoms with Gasteiger partial charge in [-0.15, -0.1) is 0 Å². The van der Waals surface area contributed by atoms with Crippen LogP contribution in [0.5, 0.6) is 0 Å². The molecule has 3 saturated carbocycles. The van der Waals surface area contributed by atoms with Gasteiger partial charge in [0.15, 0.2) is 0 Å². The molecular formula is C30H50O. The first-order valence-corrected chi connectivity index (χ1v) is 13.6. The van der Waals surface area contributed by atoms with Crippen LogP contribution in [0.4, 0.5) is 0 Å². The molecule has 0 aliphatic heterocycles. The van der Waals surface area contributed by atoms with Crippen LogP contribution in [0.25, 0.3) is 0 Å². The smallest absolute Gasteiger partial charge is 0.0608 e. The molecule has 0 unspecified atom stereocenters. The lowest BCUT2D eigenvalue weighted by Gasteiger charge is -2.58. The molecule has 176 valence electrons. The monoisotopic (exact) mass is 426 g/mol. The Morgan fingerprint density at radius 3 is 2.48 bits per heavy atom. The zero-order chi connectivity index (χ0) is 22.4. The lowest BCUT2D eigenvalue weighted by atomic mass is 9.47. The van der Waals surface area contributed by atoms with Crippen molar-refractivity contribution in [3.05, 3.63) is 23.8 Å². The van der Waals surface area contributed by atoms with Gasteiger partial charge in [-0.3, -0.25) is 0 Å². The van der Waals surface area contributed by atoms with Crippen molar-refractivity contribution in [1.29, 1.82) is 0 Å². The van der Waals surface area contributed by atoms with Crippen LogP contribution >= 0.6 is 0 Å². The molecule has 0 spiro atoms. The molecule has 4 aliphatic carbocycles. The summed E-state index contributed by atoms with van der Waals surface area (Å²) in [7, 11) is 1.91. The minimum atomic E-state index is 0.453. The van der Waals surface area contributed by atoms with Crippen LogP contribution in [0.15, 0.2) is 23.8 Å². The molecule has 0 saturated heterocycles. The first kappa shape index (κ1) is 23.6.